The molecule has 0 spiro atoms. The van der Waals surface area contributed by atoms with Gasteiger partial charge in [-0.15, -0.1) is 0 Å². The smallest absolute Gasteiger partial charge is 0.343 e. The largest absolute Gasteiger partial charge is 0.462 e. The van der Waals surface area contributed by atoms with Crippen LogP contribution in [0.3, 0.4) is 0 Å². The Balaban J connectivity index is 1.90. The molecule has 0 atom stereocenters. The molecule has 2 fully saturated rings. The van der Waals surface area contributed by atoms with Crippen LogP contribution < -0.4 is 15.6 Å². The fourth-order valence-electron chi connectivity index (χ4n) is 4.33. The number of aromatic nitrogens is 2. The highest BCUT2D eigenvalue weighted by molar-refractivity contribution is 5.93. The summed E-state index contributed by atoms with van der Waals surface area (Å²) < 4.78 is 21.9. The summed E-state index contributed by atoms with van der Waals surface area (Å²) in [5.74, 6) is -0.935. The van der Waals surface area contributed by atoms with Crippen LogP contribution in [0.4, 0.5) is 10.2 Å². The first kappa shape index (κ1) is 19.8. The van der Waals surface area contributed by atoms with E-state index in [-0.39, 0.29) is 29.4 Å². The summed E-state index contributed by atoms with van der Waals surface area (Å²) in [4.78, 5) is 31.9. The van der Waals surface area contributed by atoms with E-state index in [2.05, 4.69) is 10.3 Å². The molecule has 0 amide bonds. The number of piperazine rings is 1. The Morgan fingerprint density at radius 2 is 2.00 bits per heavy atom. The summed E-state index contributed by atoms with van der Waals surface area (Å²) in [7, 11) is 0. The Morgan fingerprint density at radius 1 is 1.28 bits per heavy atom. The van der Waals surface area contributed by atoms with Crippen LogP contribution in [0, 0.1) is 5.82 Å². The second-order valence-electron chi connectivity index (χ2n) is 7.69. The number of nitrogens with zero attached hydrogens (tertiary/aromatic N) is 3. The number of carbonyl (C=O) groups is 1. The Hall–Kier alpha value is -2.48. The lowest BCUT2D eigenvalue weighted by Gasteiger charge is -2.30. The molecule has 0 bridgehead atoms. The van der Waals surface area contributed by atoms with Crippen molar-refractivity contribution in [2.24, 2.45) is 0 Å². The third-order valence-corrected chi connectivity index (χ3v) is 5.82. The molecule has 1 saturated heterocycles. The lowest BCUT2D eigenvalue weighted by Crippen LogP contribution is -2.44. The number of pyridine rings is 2. The zero-order valence-electron chi connectivity index (χ0n) is 16.7. The van der Waals surface area contributed by atoms with Crippen LogP contribution in [-0.4, -0.2) is 48.3 Å². The summed E-state index contributed by atoms with van der Waals surface area (Å²) in [5.41, 5.74) is -0.130. The van der Waals surface area contributed by atoms with Crippen LogP contribution in [0.2, 0.25) is 0 Å². The van der Waals surface area contributed by atoms with E-state index in [1.807, 2.05) is 9.47 Å². The van der Waals surface area contributed by atoms with Crippen molar-refractivity contribution in [2.75, 3.05) is 37.7 Å². The molecular weight excluding hydrogens is 375 g/mol. The Kier molecular flexibility index (Phi) is 5.80. The van der Waals surface area contributed by atoms with E-state index in [9.17, 15) is 14.0 Å². The fourth-order valence-corrected chi connectivity index (χ4v) is 4.33. The molecule has 2 aromatic rings. The van der Waals surface area contributed by atoms with Crippen molar-refractivity contribution in [3.05, 3.63) is 33.9 Å². The first-order chi connectivity index (χ1) is 14.1. The molecule has 4 rings (SSSR count). The topological polar surface area (TPSA) is 76.5 Å². The second-order valence-corrected chi connectivity index (χ2v) is 7.69. The van der Waals surface area contributed by atoms with Gasteiger partial charge < -0.3 is 19.5 Å². The molecule has 1 N–H and O–H groups in total. The van der Waals surface area contributed by atoms with Crippen molar-refractivity contribution in [3.63, 3.8) is 0 Å². The van der Waals surface area contributed by atoms with Crippen molar-refractivity contribution in [1.29, 1.82) is 0 Å². The number of fused-ring (bicyclic) bond motifs is 1. The third-order valence-electron chi connectivity index (χ3n) is 5.82. The number of rotatable bonds is 4. The van der Waals surface area contributed by atoms with Gasteiger partial charge in [0.2, 0.25) is 5.43 Å². The van der Waals surface area contributed by atoms with Gasteiger partial charge in [0.1, 0.15) is 11.2 Å². The average molecular weight is 402 g/mol. The van der Waals surface area contributed by atoms with Gasteiger partial charge >= 0.3 is 5.97 Å². The van der Waals surface area contributed by atoms with E-state index < -0.39 is 17.2 Å². The van der Waals surface area contributed by atoms with Gasteiger partial charge in [-0.2, -0.15) is 0 Å². The number of nitrogens with one attached hydrogen (secondary N) is 1. The highest BCUT2D eigenvalue weighted by Crippen LogP contribution is 2.31. The summed E-state index contributed by atoms with van der Waals surface area (Å²) >= 11 is 0. The molecule has 0 unspecified atom stereocenters. The average Bonchev–Trinajstić information content (AvgIpc) is 2.75. The molecule has 1 aliphatic carbocycles. The molecule has 7 nitrogen and oxygen atoms in total. The first-order valence-electron chi connectivity index (χ1n) is 10.5. The van der Waals surface area contributed by atoms with Crippen LogP contribution in [0.5, 0.6) is 0 Å². The van der Waals surface area contributed by atoms with Gasteiger partial charge in [-0.05, 0) is 25.8 Å². The molecule has 2 aliphatic rings. The van der Waals surface area contributed by atoms with Crippen LogP contribution in [0.15, 0.2) is 17.1 Å². The van der Waals surface area contributed by atoms with E-state index in [0.717, 1.165) is 38.8 Å². The van der Waals surface area contributed by atoms with Crippen molar-refractivity contribution in [3.8, 4) is 0 Å². The van der Waals surface area contributed by atoms with E-state index in [4.69, 9.17) is 4.74 Å². The maximum absolute atomic E-state index is 14.9. The normalized spacial score (nSPS) is 18.2. The van der Waals surface area contributed by atoms with Gasteiger partial charge in [0.05, 0.1) is 12.0 Å². The number of anilines is 1. The van der Waals surface area contributed by atoms with E-state index in [1.165, 1.54) is 12.5 Å². The molecule has 0 aromatic carbocycles. The van der Waals surface area contributed by atoms with Crippen LogP contribution in [0.25, 0.3) is 11.0 Å². The van der Waals surface area contributed by atoms with Crippen molar-refractivity contribution < 1.29 is 13.9 Å². The maximum atomic E-state index is 14.9. The van der Waals surface area contributed by atoms with Gasteiger partial charge in [0.25, 0.3) is 0 Å². The van der Waals surface area contributed by atoms with E-state index >= 15 is 0 Å². The predicted molar refractivity (Wildman–Crippen MR) is 109 cm³/mol. The molecule has 156 valence electrons. The SMILES string of the molecule is CCOC(=O)c1cn(C2CCCCC2)c2nc(N3CCNCC3)c(F)cc2c1=O. The lowest BCUT2D eigenvalue weighted by atomic mass is 9.95. The number of hydrogen-bond donors (Lipinski definition) is 1. The summed E-state index contributed by atoms with van der Waals surface area (Å²) in [5, 5.41) is 3.38. The van der Waals surface area contributed by atoms with Crippen molar-refractivity contribution in [1.82, 2.24) is 14.9 Å². The monoisotopic (exact) mass is 402 g/mol. The Labute approximate surface area is 168 Å². The highest BCUT2D eigenvalue weighted by Gasteiger charge is 2.25. The van der Waals surface area contributed by atoms with Crippen LogP contribution in [-0.2, 0) is 4.74 Å². The quantitative estimate of drug-likeness (QED) is 0.793. The molecule has 29 heavy (non-hydrogen) atoms. The molecule has 2 aromatic heterocycles. The van der Waals surface area contributed by atoms with Crippen LogP contribution >= 0.6 is 0 Å². The molecule has 0 radical (unpaired) electrons. The summed E-state index contributed by atoms with van der Waals surface area (Å²) in [6.07, 6.45) is 6.81. The maximum Gasteiger partial charge on any atom is 0.343 e. The standard InChI is InChI=1S/C21H27FN4O3/c1-2-29-21(28)16-13-26(14-6-4-3-5-7-14)19-15(18(16)27)12-17(22)20(24-19)25-10-8-23-9-11-25/h12-14,23H,2-11H2,1H3. The minimum Gasteiger partial charge on any atom is -0.462 e. The van der Waals surface area contributed by atoms with Crippen molar-refractivity contribution >= 4 is 22.8 Å². The van der Waals surface area contributed by atoms with Gasteiger partial charge in [0.15, 0.2) is 11.6 Å². The molecule has 3 heterocycles. The lowest BCUT2D eigenvalue weighted by molar-refractivity contribution is 0.0524. The fraction of sp³-hybridized carbons (Fsp3) is 0.571. The Bertz CT molecular complexity index is 963. The predicted octanol–water partition coefficient (Wildman–Crippen LogP) is 2.63. The molecule has 1 aliphatic heterocycles. The number of ether oxygens (including phenoxy) is 1. The van der Waals surface area contributed by atoms with Gasteiger partial charge in [-0.3, -0.25) is 4.79 Å². The second kappa shape index (κ2) is 8.49. The molecule has 8 heteroatoms. The van der Waals surface area contributed by atoms with Crippen LogP contribution in [0.1, 0.15) is 55.4 Å². The molecular formula is C21H27FN4O3. The zero-order valence-corrected chi connectivity index (χ0v) is 16.7. The first-order valence-corrected chi connectivity index (χ1v) is 10.5. The Morgan fingerprint density at radius 3 is 2.69 bits per heavy atom. The van der Waals surface area contributed by atoms with Gasteiger partial charge in [-0.25, -0.2) is 14.2 Å². The highest BCUT2D eigenvalue weighted by atomic mass is 19.1. The zero-order chi connectivity index (χ0) is 20.4. The summed E-state index contributed by atoms with van der Waals surface area (Å²) in [6.45, 7) is 4.70. The molecule has 1 saturated carbocycles. The third kappa shape index (κ3) is 3.85. The van der Waals surface area contributed by atoms with E-state index in [0.29, 0.717) is 18.7 Å². The minimum atomic E-state index is -0.671. The number of hydrogen-bond acceptors (Lipinski definition) is 6. The van der Waals surface area contributed by atoms with Gasteiger partial charge in [0, 0.05) is 38.4 Å². The van der Waals surface area contributed by atoms with Crippen molar-refractivity contribution in [2.45, 2.75) is 45.1 Å². The number of esters is 1. The number of halogens is 1. The summed E-state index contributed by atoms with van der Waals surface area (Å²) in [6, 6.07) is 1.37. The number of carbonyl (C=O) groups excluding carboxylic acids is 1. The van der Waals surface area contributed by atoms with Gasteiger partial charge in [-0.1, -0.05) is 19.3 Å². The minimum absolute atomic E-state index is 0.0546. The van der Waals surface area contributed by atoms with E-state index in [1.54, 1.807) is 13.1 Å².